The molecule has 0 aromatic heterocycles. The lowest BCUT2D eigenvalue weighted by Gasteiger charge is -2.08. The number of amides is 2. The number of hydrogen-bond donors (Lipinski definition) is 3. The third-order valence-corrected chi connectivity index (χ3v) is 4.20. The van der Waals surface area contributed by atoms with Gasteiger partial charge in [0.1, 0.15) is 0 Å². The van der Waals surface area contributed by atoms with Crippen LogP contribution < -0.4 is 11.1 Å². The van der Waals surface area contributed by atoms with Crippen LogP contribution in [0.2, 0.25) is 5.02 Å². The summed E-state index contributed by atoms with van der Waals surface area (Å²) in [5.74, 6) is -3.41. The standard InChI is InChI=1S/C14H15ClN2O4/c1-14(2)9(10(14)13(20)21)12(19)17-6-3-4-8(15)7(5-6)11(16)18/h3-5,9-10H,1-2H3,(H2,16,18)(H,17,19)(H,20,21)/t9-,10+/m1/s1. The van der Waals surface area contributed by atoms with Gasteiger partial charge in [-0.15, -0.1) is 0 Å². The number of carboxylic acids is 1. The third-order valence-electron chi connectivity index (χ3n) is 3.88. The van der Waals surface area contributed by atoms with E-state index in [2.05, 4.69) is 5.32 Å². The molecule has 1 aliphatic carbocycles. The molecule has 21 heavy (non-hydrogen) atoms. The van der Waals surface area contributed by atoms with Crippen LogP contribution in [0.1, 0.15) is 24.2 Å². The summed E-state index contributed by atoms with van der Waals surface area (Å²) < 4.78 is 0. The summed E-state index contributed by atoms with van der Waals surface area (Å²) in [6, 6.07) is 4.34. The average Bonchev–Trinajstić information content (AvgIpc) is 2.94. The Morgan fingerprint density at radius 1 is 1.29 bits per heavy atom. The van der Waals surface area contributed by atoms with Gasteiger partial charge in [0.25, 0.3) is 0 Å². The van der Waals surface area contributed by atoms with Gasteiger partial charge in [0.15, 0.2) is 0 Å². The van der Waals surface area contributed by atoms with Gasteiger partial charge in [-0.2, -0.15) is 0 Å². The highest BCUT2D eigenvalue weighted by Crippen LogP contribution is 2.58. The molecule has 2 rings (SSSR count). The van der Waals surface area contributed by atoms with E-state index in [1.54, 1.807) is 13.8 Å². The fraction of sp³-hybridized carbons (Fsp3) is 0.357. The van der Waals surface area contributed by atoms with E-state index in [0.717, 1.165) is 0 Å². The normalized spacial score (nSPS) is 22.4. The first-order chi connectivity index (χ1) is 9.66. The Morgan fingerprint density at radius 2 is 1.90 bits per heavy atom. The van der Waals surface area contributed by atoms with Crippen molar-refractivity contribution in [3.05, 3.63) is 28.8 Å². The topological polar surface area (TPSA) is 109 Å². The quantitative estimate of drug-likeness (QED) is 0.786. The Morgan fingerprint density at radius 3 is 2.38 bits per heavy atom. The maximum Gasteiger partial charge on any atom is 0.307 e. The van der Waals surface area contributed by atoms with Crippen LogP contribution in [0.5, 0.6) is 0 Å². The zero-order valence-corrected chi connectivity index (χ0v) is 12.3. The molecular formula is C14H15ClN2O4. The van der Waals surface area contributed by atoms with Crippen molar-refractivity contribution in [1.29, 1.82) is 0 Å². The number of hydrogen-bond acceptors (Lipinski definition) is 3. The summed E-state index contributed by atoms with van der Waals surface area (Å²) in [5.41, 5.74) is 5.04. The Balaban J connectivity index is 2.17. The van der Waals surface area contributed by atoms with E-state index < -0.39 is 35.0 Å². The van der Waals surface area contributed by atoms with Gasteiger partial charge in [-0.25, -0.2) is 0 Å². The number of rotatable bonds is 4. The van der Waals surface area contributed by atoms with Crippen molar-refractivity contribution < 1.29 is 19.5 Å². The number of aliphatic carboxylic acids is 1. The summed E-state index contributed by atoms with van der Waals surface area (Å²) in [7, 11) is 0. The monoisotopic (exact) mass is 310 g/mol. The number of carbonyl (C=O) groups excluding carboxylic acids is 2. The van der Waals surface area contributed by atoms with Crippen molar-refractivity contribution in [2.24, 2.45) is 23.0 Å². The molecule has 0 saturated heterocycles. The van der Waals surface area contributed by atoms with Crippen LogP contribution >= 0.6 is 11.6 Å². The maximum absolute atomic E-state index is 12.1. The van der Waals surface area contributed by atoms with Crippen LogP contribution in [0.15, 0.2) is 18.2 Å². The van der Waals surface area contributed by atoms with E-state index in [4.69, 9.17) is 22.4 Å². The van der Waals surface area contributed by atoms with Crippen LogP contribution in [-0.4, -0.2) is 22.9 Å². The minimum atomic E-state index is -0.992. The average molecular weight is 311 g/mol. The molecule has 2 amide bonds. The van der Waals surface area contributed by atoms with E-state index in [1.165, 1.54) is 18.2 Å². The fourth-order valence-electron chi connectivity index (χ4n) is 2.60. The van der Waals surface area contributed by atoms with Gasteiger partial charge in [-0.05, 0) is 23.6 Å². The Kier molecular flexibility index (Phi) is 3.67. The number of primary amides is 1. The summed E-state index contributed by atoms with van der Waals surface area (Å²) in [4.78, 5) is 34.4. The van der Waals surface area contributed by atoms with Gasteiger partial charge in [0, 0.05) is 5.69 Å². The van der Waals surface area contributed by atoms with Crippen LogP contribution in [0.3, 0.4) is 0 Å². The molecule has 0 unspecified atom stereocenters. The molecule has 1 aromatic carbocycles. The van der Waals surface area contributed by atoms with Crippen LogP contribution in [0.25, 0.3) is 0 Å². The number of halogens is 1. The van der Waals surface area contributed by atoms with E-state index in [0.29, 0.717) is 5.69 Å². The molecule has 112 valence electrons. The molecule has 6 nitrogen and oxygen atoms in total. The molecule has 0 aliphatic heterocycles. The fourth-order valence-corrected chi connectivity index (χ4v) is 2.81. The molecule has 2 atom stereocenters. The summed E-state index contributed by atoms with van der Waals surface area (Å²) >= 11 is 5.82. The number of anilines is 1. The SMILES string of the molecule is CC1(C)[C@H](C(=O)O)[C@@H]1C(=O)Nc1ccc(Cl)c(C(N)=O)c1. The molecule has 0 radical (unpaired) electrons. The van der Waals surface area contributed by atoms with Crippen molar-refractivity contribution in [2.45, 2.75) is 13.8 Å². The first kappa shape index (κ1) is 15.3. The Bertz CT molecular complexity index is 642. The number of benzene rings is 1. The second-order valence-corrected chi connectivity index (χ2v) is 6.07. The Labute approximate surface area is 126 Å². The van der Waals surface area contributed by atoms with Gasteiger partial charge in [0.2, 0.25) is 11.8 Å². The molecule has 7 heteroatoms. The van der Waals surface area contributed by atoms with Crippen LogP contribution in [-0.2, 0) is 9.59 Å². The summed E-state index contributed by atoms with van der Waals surface area (Å²) in [6.07, 6.45) is 0. The van der Waals surface area contributed by atoms with Crippen molar-refractivity contribution >= 4 is 35.1 Å². The van der Waals surface area contributed by atoms with Crippen molar-refractivity contribution in [3.8, 4) is 0 Å². The van der Waals surface area contributed by atoms with Crippen LogP contribution in [0, 0.1) is 17.3 Å². The van der Waals surface area contributed by atoms with Gasteiger partial charge in [0.05, 0.1) is 22.4 Å². The van der Waals surface area contributed by atoms with Crippen molar-refractivity contribution in [1.82, 2.24) is 0 Å². The lowest BCUT2D eigenvalue weighted by Crippen LogP contribution is -2.18. The lowest BCUT2D eigenvalue weighted by molar-refractivity contribution is -0.140. The number of carbonyl (C=O) groups is 3. The largest absolute Gasteiger partial charge is 0.481 e. The van der Waals surface area contributed by atoms with Gasteiger partial charge in [-0.3, -0.25) is 14.4 Å². The highest BCUT2D eigenvalue weighted by atomic mass is 35.5. The third kappa shape index (κ3) is 2.71. The van der Waals surface area contributed by atoms with E-state index in [1.807, 2.05) is 0 Å². The molecular weight excluding hydrogens is 296 g/mol. The predicted octanol–water partition coefficient (Wildman–Crippen LogP) is 1.73. The first-order valence-electron chi connectivity index (χ1n) is 6.29. The van der Waals surface area contributed by atoms with E-state index >= 15 is 0 Å². The summed E-state index contributed by atoms with van der Waals surface area (Å²) in [6.45, 7) is 3.46. The smallest absolute Gasteiger partial charge is 0.307 e. The van der Waals surface area contributed by atoms with Gasteiger partial charge >= 0.3 is 5.97 Å². The molecule has 0 spiro atoms. The zero-order chi connectivity index (χ0) is 15.9. The zero-order valence-electron chi connectivity index (χ0n) is 11.5. The second kappa shape index (κ2) is 5.04. The maximum atomic E-state index is 12.1. The molecule has 1 saturated carbocycles. The predicted molar refractivity (Wildman–Crippen MR) is 77.0 cm³/mol. The van der Waals surface area contributed by atoms with E-state index in [9.17, 15) is 14.4 Å². The molecule has 0 heterocycles. The van der Waals surface area contributed by atoms with Gasteiger partial charge in [-0.1, -0.05) is 25.4 Å². The first-order valence-corrected chi connectivity index (χ1v) is 6.67. The number of carboxylic acid groups (broad SMARTS) is 1. The van der Waals surface area contributed by atoms with E-state index in [-0.39, 0.29) is 10.6 Å². The molecule has 1 aliphatic rings. The second-order valence-electron chi connectivity index (χ2n) is 5.66. The van der Waals surface area contributed by atoms with Crippen LogP contribution in [0.4, 0.5) is 5.69 Å². The molecule has 0 bridgehead atoms. The van der Waals surface area contributed by atoms with Crippen molar-refractivity contribution in [2.75, 3.05) is 5.32 Å². The Hall–Kier alpha value is -2.08. The highest BCUT2D eigenvalue weighted by Gasteiger charge is 2.65. The minimum Gasteiger partial charge on any atom is -0.481 e. The van der Waals surface area contributed by atoms with Gasteiger partial charge < -0.3 is 16.2 Å². The number of nitrogens with two attached hydrogens (primary N) is 1. The molecule has 4 N–H and O–H groups in total. The minimum absolute atomic E-state index is 0.0966. The lowest BCUT2D eigenvalue weighted by atomic mass is 10.1. The molecule has 1 fully saturated rings. The summed E-state index contributed by atoms with van der Waals surface area (Å²) in [5, 5.41) is 11.9. The molecule has 1 aromatic rings. The highest BCUT2D eigenvalue weighted by molar-refractivity contribution is 6.34. The van der Waals surface area contributed by atoms with Crippen molar-refractivity contribution in [3.63, 3.8) is 0 Å². The number of nitrogens with one attached hydrogen (secondary N) is 1.